The van der Waals surface area contributed by atoms with Crippen molar-refractivity contribution in [2.24, 2.45) is 0 Å². The highest BCUT2D eigenvalue weighted by atomic mass is 16.7. The second-order valence-corrected chi connectivity index (χ2v) is 3.17. The quantitative estimate of drug-likeness (QED) is 0.755. The van der Waals surface area contributed by atoms with Gasteiger partial charge in [-0.15, -0.1) is 0 Å². The number of ketones is 1. The fourth-order valence-electron chi connectivity index (χ4n) is 1.52. The van der Waals surface area contributed by atoms with Crippen molar-refractivity contribution in [1.29, 1.82) is 0 Å². The Morgan fingerprint density at radius 1 is 1.33 bits per heavy atom. The van der Waals surface area contributed by atoms with Gasteiger partial charge in [0.25, 0.3) is 5.95 Å². The predicted molar refractivity (Wildman–Crippen MR) is 55.9 cm³/mol. The third kappa shape index (κ3) is 1.86. The van der Waals surface area contributed by atoms with E-state index in [0.717, 1.165) is 5.56 Å². The molecule has 3 heteroatoms. The summed E-state index contributed by atoms with van der Waals surface area (Å²) in [5.74, 6) is 0.332. The normalized spacial score (nSPS) is 15.4. The van der Waals surface area contributed by atoms with Crippen molar-refractivity contribution in [2.45, 2.75) is 6.92 Å². The maximum atomic E-state index is 11.6. The molecular formula is C12H12O3. The van der Waals surface area contributed by atoms with Crippen LogP contribution in [0.1, 0.15) is 12.5 Å². The molecule has 0 radical (unpaired) electrons. The molecule has 2 rings (SSSR count). The maximum Gasteiger partial charge on any atom is 0.291 e. The zero-order valence-electron chi connectivity index (χ0n) is 8.53. The molecule has 1 aliphatic heterocycles. The molecule has 0 N–H and O–H groups in total. The molecule has 0 atom stereocenters. The summed E-state index contributed by atoms with van der Waals surface area (Å²) in [6, 6.07) is 9.43. The van der Waals surface area contributed by atoms with Gasteiger partial charge < -0.3 is 9.47 Å². The standard InChI is InChI=1S/C12H12O3/c1-2-14-12-11(10(13)8-15-12)9-6-4-3-5-7-9/h3-7H,2,8H2,1H3. The highest BCUT2D eigenvalue weighted by molar-refractivity contribution is 6.23. The van der Waals surface area contributed by atoms with Gasteiger partial charge in [0.1, 0.15) is 5.57 Å². The Hall–Kier alpha value is -1.77. The fraction of sp³-hybridized carbons (Fsp3) is 0.250. The summed E-state index contributed by atoms with van der Waals surface area (Å²) in [7, 11) is 0. The molecule has 0 saturated carbocycles. The Kier molecular flexibility index (Phi) is 2.72. The molecule has 0 aromatic heterocycles. The lowest BCUT2D eigenvalue weighted by molar-refractivity contribution is -0.115. The second-order valence-electron chi connectivity index (χ2n) is 3.17. The van der Waals surface area contributed by atoms with E-state index in [9.17, 15) is 4.79 Å². The van der Waals surface area contributed by atoms with Crippen LogP contribution in [-0.2, 0) is 14.3 Å². The summed E-state index contributed by atoms with van der Waals surface area (Å²) in [5.41, 5.74) is 1.40. The van der Waals surface area contributed by atoms with Crippen LogP contribution in [-0.4, -0.2) is 19.0 Å². The van der Waals surface area contributed by atoms with Crippen LogP contribution in [0.5, 0.6) is 0 Å². The molecule has 0 aliphatic carbocycles. The Bertz CT molecular complexity index is 393. The van der Waals surface area contributed by atoms with Crippen LogP contribution in [0.3, 0.4) is 0 Å². The number of benzene rings is 1. The number of Topliss-reactive ketones (excluding diaryl/α,β-unsaturated/α-hetero) is 1. The molecule has 1 heterocycles. The SMILES string of the molecule is CCOC1=C(c2ccccc2)C(=O)CO1. The van der Waals surface area contributed by atoms with E-state index in [-0.39, 0.29) is 12.4 Å². The minimum absolute atomic E-state index is 0.0235. The number of ether oxygens (including phenoxy) is 2. The van der Waals surface area contributed by atoms with Crippen LogP contribution in [0.15, 0.2) is 36.3 Å². The zero-order valence-corrected chi connectivity index (χ0v) is 8.53. The number of rotatable bonds is 3. The van der Waals surface area contributed by atoms with E-state index in [1.165, 1.54) is 0 Å². The molecule has 0 amide bonds. The third-order valence-electron chi connectivity index (χ3n) is 2.16. The van der Waals surface area contributed by atoms with Crippen molar-refractivity contribution in [3.8, 4) is 0 Å². The van der Waals surface area contributed by atoms with Gasteiger partial charge in [0.15, 0.2) is 6.61 Å². The molecule has 1 aromatic rings. The number of hydrogen-bond donors (Lipinski definition) is 0. The van der Waals surface area contributed by atoms with Crippen LogP contribution in [0.25, 0.3) is 5.57 Å². The molecule has 78 valence electrons. The molecule has 1 aromatic carbocycles. The largest absolute Gasteiger partial charge is 0.465 e. The topological polar surface area (TPSA) is 35.5 Å². The van der Waals surface area contributed by atoms with E-state index in [0.29, 0.717) is 18.1 Å². The summed E-state index contributed by atoms with van der Waals surface area (Å²) in [6.07, 6.45) is 0. The van der Waals surface area contributed by atoms with Crippen molar-refractivity contribution in [1.82, 2.24) is 0 Å². The molecule has 0 unspecified atom stereocenters. The van der Waals surface area contributed by atoms with Gasteiger partial charge in [0, 0.05) is 0 Å². The average Bonchev–Trinajstić information content (AvgIpc) is 2.62. The molecule has 0 saturated heterocycles. The van der Waals surface area contributed by atoms with Crippen molar-refractivity contribution >= 4 is 11.4 Å². The second kappa shape index (κ2) is 4.17. The van der Waals surface area contributed by atoms with Crippen molar-refractivity contribution in [3.05, 3.63) is 41.8 Å². The molecule has 15 heavy (non-hydrogen) atoms. The molecule has 0 spiro atoms. The smallest absolute Gasteiger partial charge is 0.291 e. The molecular weight excluding hydrogens is 192 g/mol. The van der Waals surface area contributed by atoms with E-state index in [1.54, 1.807) is 0 Å². The number of carbonyl (C=O) groups excluding carboxylic acids is 1. The van der Waals surface area contributed by atoms with E-state index in [4.69, 9.17) is 9.47 Å². The molecule has 3 nitrogen and oxygen atoms in total. The summed E-state index contributed by atoms with van der Waals surface area (Å²) >= 11 is 0. The average molecular weight is 204 g/mol. The molecule has 1 aliphatic rings. The van der Waals surface area contributed by atoms with Crippen LogP contribution in [0, 0.1) is 0 Å². The van der Waals surface area contributed by atoms with E-state index in [2.05, 4.69) is 0 Å². The molecule has 0 bridgehead atoms. The van der Waals surface area contributed by atoms with E-state index >= 15 is 0 Å². The zero-order chi connectivity index (χ0) is 10.7. The van der Waals surface area contributed by atoms with Gasteiger partial charge in [0.2, 0.25) is 5.78 Å². The predicted octanol–water partition coefficient (Wildman–Crippen LogP) is 1.99. The Morgan fingerprint density at radius 2 is 2.07 bits per heavy atom. The summed E-state index contributed by atoms with van der Waals surface area (Å²) < 4.78 is 10.5. The van der Waals surface area contributed by atoms with Gasteiger partial charge in [-0.05, 0) is 12.5 Å². The van der Waals surface area contributed by atoms with Gasteiger partial charge in [0.05, 0.1) is 6.61 Å². The van der Waals surface area contributed by atoms with Crippen LogP contribution >= 0.6 is 0 Å². The lowest BCUT2D eigenvalue weighted by Gasteiger charge is -2.05. The lowest BCUT2D eigenvalue weighted by Crippen LogP contribution is -2.00. The Labute approximate surface area is 88.3 Å². The maximum absolute atomic E-state index is 11.6. The highest BCUT2D eigenvalue weighted by Crippen LogP contribution is 2.26. The van der Waals surface area contributed by atoms with Gasteiger partial charge >= 0.3 is 0 Å². The first-order chi connectivity index (χ1) is 7.33. The van der Waals surface area contributed by atoms with Crippen molar-refractivity contribution < 1.29 is 14.3 Å². The number of hydrogen-bond acceptors (Lipinski definition) is 3. The van der Waals surface area contributed by atoms with E-state index in [1.807, 2.05) is 37.3 Å². The van der Waals surface area contributed by atoms with Crippen LogP contribution < -0.4 is 0 Å². The number of carbonyl (C=O) groups is 1. The van der Waals surface area contributed by atoms with Gasteiger partial charge in [-0.2, -0.15) is 0 Å². The van der Waals surface area contributed by atoms with Crippen LogP contribution in [0.2, 0.25) is 0 Å². The summed E-state index contributed by atoms with van der Waals surface area (Å²) in [4.78, 5) is 11.6. The molecule has 0 fully saturated rings. The van der Waals surface area contributed by atoms with Crippen LogP contribution in [0.4, 0.5) is 0 Å². The van der Waals surface area contributed by atoms with Gasteiger partial charge in [-0.3, -0.25) is 4.79 Å². The summed E-state index contributed by atoms with van der Waals surface area (Å²) in [5, 5.41) is 0. The summed E-state index contributed by atoms with van der Waals surface area (Å²) in [6.45, 7) is 2.44. The highest BCUT2D eigenvalue weighted by Gasteiger charge is 2.27. The Balaban J connectivity index is 2.39. The lowest BCUT2D eigenvalue weighted by atomic mass is 10.0. The van der Waals surface area contributed by atoms with E-state index < -0.39 is 0 Å². The van der Waals surface area contributed by atoms with Crippen molar-refractivity contribution in [3.63, 3.8) is 0 Å². The van der Waals surface area contributed by atoms with Crippen molar-refractivity contribution in [2.75, 3.05) is 13.2 Å². The first-order valence-corrected chi connectivity index (χ1v) is 4.91. The van der Waals surface area contributed by atoms with Gasteiger partial charge in [-0.1, -0.05) is 30.3 Å². The monoisotopic (exact) mass is 204 g/mol. The Morgan fingerprint density at radius 3 is 2.73 bits per heavy atom. The van der Waals surface area contributed by atoms with Gasteiger partial charge in [-0.25, -0.2) is 0 Å². The first-order valence-electron chi connectivity index (χ1n) is 4.91. The fourth-order valence-corrected chi connectivity index (χ4v) is 1.52. The minimum atomic E-state index is -0.0235. The minimum Gasteiger partial charge on any atom is -0.465 e. The third-order valence-corrected chi connectivity index (χ3v) is 2.16. The first kappa shape index (κ1) is 9.77.